The lowest BCUT2D eigenvalue weighted by atomic mass is 9.67. The van der Waals surface area contributed by atoms with Crippen molar-refractivity contribution in [1.82, 2.24) is 0 Å². The van der Waals surface area contributed by atoms with Crippen LogP contribution in [0.5, 0.6) is 0 Å². The van der Waals surface area contributed by atoms with Gasteiger partial charge in [-0.3, -0.25) is 4.79 Å². The molecule has 0 radical (unpaired) electrons. The Morgan fingerprint density at radius 3 is 2.32 bits per heavy atom. The van der Waals surface area contributed by atoms with Gasteiger partial charge in [0.15, 0.2) is 5.78 Å². The van der Waals surface area contributed by atoms with Gasteiger partial charge in [-0.15, -0.1) is 0 Å². The van der Waals surface area contributed by atoms with Crippen molar-refractivity contribution in [2.75, 3.05) is 0 Å². The summed E-state index contributed by atoms with van der Waals surface area (Å²) in [5, 5.41) is 0. The number of allylic oxidation sites excluding steroid dienone is 2. The van der Waals surface area contributed by atoms with Gasteiger partial charge in [0.2, 0.25) is 0 Å². The molecule has 0 spiro atoms. The van der Waals surface area contributed by atoms with Crippen molar-refractivity contribution < 1.29 is 4.79 Å². The molecule has 3 aliphatic rings. The predicted octanol–water partition coefficient (Wildman–Crippen LogP) is 6.08. The van der Waals surface area contributed by atoms with Crippen molar-refractivity contribution in [2.24, 2.45) is 23.7 Å². The summed E-state index contributed by atoms with van der Waals surface area (Å²) < 4.78 is 0. The van der Waals surface area contributed by atoms with Crippen LogP contribution in [0, 0.1) is 23.7 Å². The van der Waals surface area contributed by atoms with Crippen LogP contribution < -0.4 is 0 Å². The minimum absolute atomic E-state index is 0.435. The average molecular weight is 303 g/mol. The SMILES string of the molecule is CCCCCC1=C(CCCCC)C(=O)[C@H]2[C@@H]3CC[C@@H](C3)[C@H]2C1. The molecule has 4 atom stereocenters. The summed E-state index contributed by atoms with van der Waals surface area (Å²) >= 11 is 0. The lowest BCUT2D eigenvalue weighted by molar-refractivity contribution is -0.123. The molecular formula is C21H34O. The molecule has 124 valence electrons. The molecule has 0 saturated heterocycles. The Morgan fingerprint density at radius 1 is 0.909 bits per heavy atom. The molecule has 2 fully saturated rings. The van der Waals surface area contributed by atoms with Crippen molar-refractivity contribution in [3.63, 3.8) is 0 Å². The minimum Gasteiger partial charge on any atom is -0.294 e. The first-order valence-electron chi connectivity index (χ1n) is 10.0. The fourth-order valence-corrected chi connectivity index (χ4v) is 5.59. The molecule has 0 aromatic carbocycles. The number of carbonyl (C=O) groups is 1. The van der Waals surface area contributed by atoms with E-state index in [1.165, 1.54) is 76.2 Å². The molecule has 0 unspecified atom stereocenters. The zero-order valence-electron chi connectivity index (χ0n) is 14.7. The fourth-order valence-electron chi connectivity index (χ4n) is 5.59. The zero-order chi connectivity index (χ0) is 15.5. The molecule has 0 N–H and O–H groups in total. The van der Waals surface area contributed by atoms with E-state index in [-0.39, 0.29) is 0 Å². The smallest absolute Gasteiger partial charge is 0.162 e. The third-order valence-electron chi connectivity index (χ3n) is 6.71. The third-order valence-corrected chi connectivity index (χ3v) is 6.71. The van der Waals surface area contributed by atoms with Gasteiger partial charge in [-0.1, -0.05) is 45.1 Å². The van der Waals surface area contributed by atoms with Gasteiger partial charge in [0.25, 0.3) is 0 Å². The first kappa shape index (κ1) is 16.3. The summed E-state index contributed by atoms with van der Waals surface area (Å²) in [6.45, 7) is 4.53. The Kier molecular flexibility index (Phi) is 5.42. The summed E-state index contributed by atoms with van der Waals surface area (Å²) in [6, 6.07) is 0. The second-order valence-corrected chi connectivity index (χ2v) is 8.09. The maximum absolute atomic E-state index is 13.2. The minimum atomic E-state index is 0.435. The highest BCUT2D eigenvalue weighted by molar-refractivity contribution is 5.99. The topological polar surface area (TPSA) is 17.1 Å². The van der Waals surface area contributed by atoms with Gasteiger partial charge in [0.1, 0.15) is 0 Å². The molecule has 0 amide bonds. The van der Waals surface area contributed by atoms with E-state index in [9.17, 15) is 4.79 Å². The van der Waals surface area contributed by atoms with E-state index < -0.39 is 0 Å². The van der Waals surface area contributed by atoms with Crippen LogP contribution in [-0.2, 0) is 4.79 Å². The van der Waals surface area contributed by atoms with E-state index in [1.54, 1.807) is 5.57 Å². The number of hydrogen-bond donors (Lipinski definition) is 0. The molecule has 3 aliphatic carbocycles. The van der Waals surface area contributed by atoms with Crippen LogP contribution >= 0.6 is 0 Å². The van der Waals surface area contributed by atoms with E-state index in [1.807, 2.05) is 0 Å². The van der Waals surface area contributed by atoms with Gasteiger partial charge in [0, 0.05) is 5.92 Å². The number of unbranched alkanes of at least 4 members (excludes halogenated alkanes) is 4. The average Bonchev–Trinajstić information content (AvgIpc) is 3.12. The van der Waals surface area contributed by atoms with E-state index in [0.717, 1.165) is 24.2 Å². The highest BCUT2D eigenvalue weighted by Gasteiger charge is 2.52. The van der Waals surface area contributed by atoms with Gasteiger partial charge in [0.05, 0.1) is 0 Å². The lowest BCUT2D eigenvalue weighted by Gasteiger charge is -2.36. The molecule has 3 rings (SSSR count). The Labute approximate surface area is 136 Å². The van der Waals surface area contributed by atoms with Crippen LogP contribution in [0.15, 0.2) is 11.1 Å². The molecule has 2 bridgehead atoms. The maximum Gasteiger partial charge on any atom is 0.162 e. The molecule has 22 heavy (non-hydrogen) atoms. The highest BCUT2D eigenvalue weighted by atomic mass is 16.1. The van der Waals surface area contributed by atoms with Crippen molar-refractivity contribution in [3.05, 3.63) is 11.1 Å². The van der Waals surface area contributed by atoms with E-state index in [0.29, 0.717) is 11.7 Å². The molecular weight excluding hydrogens is 268 g/mol. The molecule has 0 aliphatic heterocycles. The monoisotopic (exact) mass is 302 g/mol. The third kappa shape index (κ3) is 3.05. The van der Waals surface area contributed by atoms with Crippen LogP contribution in [0.25, 0.3) is 0 Å². The van der Waals surface area contributed by atoms with Crippen LogP contribution in [0.1, 0.15) is 90.9 Å². The standard InChI is InChI=1S/C21H34O/c1-3-5-7-9-15-14-19-16-11-12-17(13-16)20(19)21(22)18(15)10-8-6-4-2/h16-17,19-20H,3-14H2,1-2H3/t16-,17+,19+,20-/m0/s1. The molecule has 0 aromatic rings. The van der Waals surface area contributed by atoms with Gasteiger partial charge in [-0.05, 0) is 74.7 Å². The Hall–Kier alpha value is -0.590. The summed E-state index contributed by atoms with van der Waals surface area (Å²) in [5.41, 5.74) is 2.89. The molecule has 1 heteroatoms. The number of Topliss-reactive ketones (excluding diaryl/α,β-unsaturated/α-hetero) is 1. The van der Waals surface area contributed by atoms with Gasteiger partial charge in [-0.25, -0.2) is 0 Å². The lowest BCUT2D eigenvalue weighted by Crippen LogP contribution is -2.35. The summed E-state index contributed by atoms with van der Waals surface area (Å²) in [6.07, 6.45) is 15.3. The van der Waals surface area contributed by atoms with Crippen molar-refractivity contribution >= 4 is 5.78 Å². The quantitative estimate of drug-likeness (QED) is 0.497. The zero-order valence-corrected chi connectivity index (χ0v) is 14.7. The predicted molar refractivity (Wildman–Crippen MR) is 92.7 cm³/mol. The fraction of sp³-hybridized carbons (Fsp3) is 0.857. The van der Waals surface area contributed by atoms with E-state index >= 15 is 0 Å². The highest BCUT2D eigenvalue weighted by Crippen LogP contribution is 2.57. The Morgan fingerprint density at radius 2 is 1.59 bits per heavy atom. The number of carbonyl (C=O) groups excluding carboxylic acids is 1. The molecule has 0 aromatic heterocycles. The van der Waals surface area contributed by atoms with Gasteiger partial charge in [-0.2, -0.15) is 0 Å². The van der Waals surface area contributed by atoms with E-state index in [2.05, 4.69) is 13.8 Å². The van der Waals surface area contributed by atoms with Crippen LogP contribution in [0.4, 0.5) is 0 Å². The number of rotatable bonds is 8. The first-order valence-corrected chi connectivity index (χ1v) is 10.0. The largest absolute Gasteiger partial charge is 0.294 e. The summed E-state index contributed by atoms with van der Waals surface area (Å²) in [5.74, 6) is 3.41. The van der Waals surface area contributed by atoms with Crippen molar-refractivity contribution in [3.8, 4) is 0 Å². The first-order chi connectivity index (χ1) is 10.8. The second kappa shape index (κ2) is 7.32. The Bertz CT molecular complexity index is 433. The van der Waals surface area contributed by atoms with Gasteiger partial charge >= 0.3 is 0 Å². The summed E-state index contributed by atoms with van der Waals surface area (Å²) in [4.78, 5) is 13.2. The number of fused-ring (bicyclic) bond motifs is 5. The Balaban J connectivity index is 1.75. The van der Waals surface area contributed by atoms with Crippen LogP contribution in [0.2, 0.25) is 0 Å². The molecule has 2 saturated carbocycles. The number of ketones is 1. The second-order valence-electron chi connectivity index (χ2n) is 8.09. The number of hydrogen-bond acceptors (Lipinski definition) is 1. The van der Waals surface area contributed by atoms with Crippen molar-refractivity contribution in [1.29, 1.82) is 0 Å². The van der Waals surface area contributed by atoms with Gasteiger partial charge < -0.3 is 0 Å². The molecule has 1 nitrogen and oxygen atoms in total. The normalized spacial score (nSPS) is 33.6. The van der Waals surface area contributed by atoms with Crippen LogP contribution in [-0.4, -0.2) is 5.78 Å². The maximum atomic E-state index is 13.2. The summed E-state index contributed by atoms with van der Waals surface area (Å²) in [7, 11) is 0. The van der Waals surface area contributed by atoms with Crippen molar-refractivity contribution in [2.45, 2.75) is 90.9 Å². The molecule has 0 heterocycles. The van der Waals surface area contributed by atoms with E-state index in [4.69, 9.17) is 0 Å². The van der Waals surface area contributed by atoms with Crippen LogP contribution in [0.3, 0.4) is 0 Å².